The summed E-state index contributed by atoms with van der Waals surface area (Å²) in [6.45, 7) is 0.0601. The smallest absolute Gasteiger partial charge is 0.338 e. The largest absolute Gasteiger partial charge is 0.486 e. The number of rotatable bonds is 5. The summed E-state index contributed by atoms with van der Waals surface area (Å²) in [5.74, 6) is -0.513. The van der Waals surface area contributed by atoms with Gasteiger partial charge in [-0.15, -0.1) is 0 Å². The van der Waals surface area contributed by atoms with Crippen molar-refractivity contribution in [1.82, 2.24) is 5.32 Å². The fourth-order valence-corrected chi connectivity index (χ4v) is 2.27. The number of hydrogen-bond acceptors (Lipinski definition) is 5. The van der Waals surface area contributed by atoms with Crippen molar-refractivity contribution >= 4 is 11.9 Å². The zero-order valence-electron chi connectivity index (χ0n) is 13.2. The zero-order valence-corrected chi connectivity index (χ0v) is 13.2. The molecule has 0 bridgehead atoms. The third-order valence-corrected chi connectivity index (χ3v) is 3.49. The number of halogens is 1. The summed E-state index contributed by atoms with van der Waals surface area (Å²) in [7, 11) is 0. The Kier molecular flexibility index (Phi) is 5.13. The summed E-state index contributed by atoms with van der Waals surface area (Å²) < 4.78 is 29.1. The summed E-state index contributed by atoms with van der Waals surface area (Å²) in [6.07, 6.45) is -0.335. The van der Waals surface area contributed by atoms with Gasteiger partial charge in [-0.05, 0) is 30.3 Å². The molecule has 1 amide bonds. The molecule has 0 fully saturated rings. The maximum absolute atomic E-state index is 13.0. The summed E-state index contributed by atoms with van der Waals surface area (Å²) in [5.41, 5.74) is 0.0495. The van der Waals surface area contributed by atoms with Crippen LogP contribution in [-0.4, -0.2) is 37.7 Å². The van der Waals surface area contributed by atoms with E-state index in [0.29, 0.717) is 18.1 Å². The van der Waals surface area contributed by atoms with E-state index in [1.165, 1.54) is 18.2 Å². The molecule has 1 aliphatic heterocycles. The van der Waals surface area contributed by atoms with Gasteiger partial charge in [0.15, 0.2) is 18.1 Å². The molecule has 0 aliphatic carbocycles. The highest BCUT2D eigenvalue weighted by atomic mass is 19.1. The van der Waals surface area contributed by atoms with E-state index >= 15 is 0 Å². The molecule has 0 spiro atoms. The number of carbonyl (C=O) groups excluding carboxylic acids is 2. The number of para-hydroxylation sites is 2. The third kappa shape index (κ3) is 4.47. The molecule has 3 rings (SSSR count). The molecule has 25 heavy (non-hydrogen) atoms. The number of fused-ring (bicyclic) bond motifs is 1. The van der Waals surface area contributed by atoms with Gasteiger partial charge in [0.1, 0.15) is 18.5 Å². The lowest BCUT2D eigenvalue weighted by Crippen LogP contribution is -2.42. The summed E-state index contributed by atoms with van der Waals surface area (Å²) >= 11 is 0. The Labute approximate surface area is 143 Å². The van der Waals surface area contributed by atoms with E-state index in [4.69, 9.17) is 14.2 Å². The Balaban J connectivity index is 1.42. The van der Waals surface area contributed by atoms with E-state index in [9.17, 15) is 14.0 Å². The van der Waals surface area contributed by atoms with Crippen molar-refractivity contribution in [3.63, 3.8) is 0 Å². The highest BCUT2D eigenvalue weighted by Gasteiger charge is 2.21. The number of ether oxygens (including phenoxy) is 3. The molecule has 2 aromatic rings. The molecule has 1 N–H and O–H groups in total. The molecule has 0 saturated carbocycles. The third-order valence-electron chi connectivity index (χ3n) is 3.49. The molecule has 1 heterocycles. The van der Waals surface area contributed by atoms with Gasteiger partial charge in [0.25, 0.3) is 5.91 Å². The van der Waals surface area contributed by atoms with E-state index in [1.54, 1.807) is 12.1 Å². The fraction of sp³-hybridized carbons (Fsp3) is 0.222. The molecule has 6 nitrogen and oxygen atoms in total. The van der Waals surface area contributed by atoms with Crippen molar-refractivity contribution in [2.24, 2.45) is 0 Å². The van der Waals surface area contributed by atoms with Gasteiger partial charge in [-0.3, -0.25) is 4.79 Å². The maximum atomic E-state index is 13.0. The Morgan fingerprint density at radius 1 is 1.16 bits per heavy atom. The minimum atomic E-state index is -0.763. The predicted molar refractivity (Wildman–Crippen MR) is 86.0 cm³/mol. The second kappa shape index (κ2) is 7.65. The van der Waals surface area contributed by atoms with Crippen molar-refractivity contribution in [2.45, 2.75) is 6.10 Å². The summed E-state index contributed by atoms with van der Waals surface area (Å²) in [6, 6.07) is 12.3. The van der Waals surface area contributed by atoms with E-state index in [2.05, 4.69) is 5.32 Å². The van der Waals surface area contributed by atoms with Crippen LogP contribution in [-0.2, 0) is 9.53 Å². The van der Waals surface area contributed by atoms with Crippen molar-refractivity contribution in [3.8, 4) is 11.5 Å². The molecular formula is C18H16FNO5. The Morgan fingerprint density at radius 3 is 2.76 bits per heavy atom. The van der Waals surface area contributed by atoms with Crippen LogP contribution in [0.1, 0.15) is 10.4 Å². The second-order valence-electron chi connectivity index (χ2n) is 5.39. The summed E-state index contributed by atoms with van der Waals surface area (Å²) in [5, 5.41) is 2.61. The first-order valence-electron chi connectivity index (χ1n) is 7.69. The van der Waals surface area contributed by atoms with Crippen LogP contribution in [0.15, 0.2) is 48.5 Å². The zero-order chi connectivity index (χ0) is 17.6. The number of hydrogen-bond donors (Lipinski definition) is 1. The Morgan fingerprint density at radius 2 is 1.96 bits per heavy atom. The average molecular weight is 345 g/mol. The van der Waals surface area contributed by atoms with Crippen LogP contribution >= 0.6 is 0 Å². The molecule has 1 aliphatic rings. The van der Waals surface area contributed by atoms with E-state index < -0.39 is 24.3 Å². The lowest BCUT2D eigenvalue weighted by molar-refractivity contribution is -0.124. The van der Waals surface area contributed by atoms with Gasteiger partial charge in [0.2, 0.25) is 0 Å². The van der Waals surface area contributed by atoms with Crippen LogP contribution in [0.4, 0.5) is 4.39 Å². The molecule has 1 unspecified atom stereocenters. The van der Waals surface area contributed by atoms with Crippen molar-refractivity contribution in [2.75, 3.05) is 19.8 Å². The van der Waals surface area contributed by atoms with Crippen molar-refractivity contribution < 1.29 is 28.2 Å². The molecule has 7 heteroatoms. The number of carbonyl (C=O) groups is 2. The minimum Gasteiger partial charge on any atom is -0.486 e. The van der Waals surface area contributed by atoms with Crippen molar-refractivity contribution in [3.05, 3.63) is 59.9 Å². The number of nitrogens with one attached hydrogen (secondary N) is 1. The van der Waals surface area contributed by atoms with Gasteiger partial charge in [-0.2, -0.15) is 0 Å². The quantitative estimate of drug-likeness (QED) is 0.839. The van der Waals surface area contributed by atoms with Gasteiger partial charge >= 0.3 is 5.97 Å². The molecule has 0 radical (unpaired) electrons. The van der Waals surface area contributed by atoms with Gasteiger partial charge < -0.3 is 19.5 Å². The fourth-order valence-electron chi connectivity index (χ4n) is 2.27. The lowest BCUT2D eigenvalue weighted by atomic mass is 10.2. The van der Waals surface area contributed by atoms with E-state index in [0.717, 1.165) is 6.07 Å². The first-order chi connectivity index (χ1) is 12.1. The van der Waals surface area contributed by atoms with Crippen LogP contribution in [0, 0.1) is 5.82 Å². The average Bonchev–Trinajstić information content (AvgIpc) is 2.64. The van der Waals surface area contributed by atoms with Crippen LogP contribution in [0.5, 0.6) is 11.5 Å². The highest BCUT2D eigenvalue weighted by Crippen LogP contribution is 2.30. The Bertz CT molecular complexity index is 780. The number of benzene rings is 2. The first kappa shape index (κ1) is 16.8. The lowest BCUT2D eigenvalue weighted by Gasteiger charge is -2.26. The molecule has 2 aromatic carbocycles. The van der Waals surface area contributed by atoms with Crippen LogP contribution in [0.2, 0.25) is 0 Å². The van der Waals surface area contributed by atoms with Crippen LogP contribution < -0.4 is 14.8 Å². The van der Waals surface area contributed by atoms with Gasteiger partial charge in [-0.1, -0.05) is 18.2 Å². The second-order valence-corrected chi connectivity index (χ2v) is 5.39. The van der Waals surface area contributed by atoms with Gasteiger partial charge in [0, 0.05) is 0 Å². The SMILES string of the molecule is O=C(COC(=O)c1cccc(F)c1)NCC1COc2ccccc2O1. The number of esters is 1. The molecule has 0 aromatic heterocycles. The predicted octanol–water partition coefficient (Wildman–Crippen LogP) is 1.94. The van der Waals surface area contributed by atoms with Crippen molar-refractivity contribution in [1.29, 1.82) is 0 Å². The normalized spacial score (nSPS) is 15.3. The highest BCUT2D eigenvalue weighted by molar-refractivity contribution is 5.91. The van der Waals surface area contributed by atoms with Crippen LogP contribution in [0.25, 0.3) is 0 Å². The standard InChI is InChI=1S/C18H16FNO5/c19-13-5-3-4-12(8-13)18(22)24-11-17(21)20-9-14-10-23-15-6-1-2-7-16(15)25-14/h1-8,14H,9-11H2,(H,20,21). The Hall–Kier alpha value is -3.09. The van der Waals surface area contributed by atoms with Crippen LogP contribution in [0.3, 0.4) is 0 Å². The summed E-state index contributed by atoms with van der Waals surface area (Å²) in [4.78, 5) is 23.5. The van der Waals surface area contributed by atoms with Gasteiger partial charge in [0.05, 0.1) is 12.1 Å². The number of amides is 1. The monoisotopic (exact) mass is 345 g/mol. The first-order valence-corrected chi connectivity index (χ1v) is 7.69. The van der Waals surface area contributed by atoms with E-state index in [1.807, 2.05) is 12.1 Å². The molecule has 1 atom stereocenters. The molecule has 0 saturated heterocycles. The molecular weight excluding hydrogens is 329 g/mol. The topological polar surface area (TPSA) is 73.9 Å². The van der Waals surface area contributed by atoms with Gasteiger partial charge in [-0.25, -0.2) is 9.18 Å². The molecule has 130 valence electrons. The van der Waals surface area contributed by atoms with E-state index in [-0.39, 0.29) is 18.2 Å². The minimum absolute atomic E-state index is 0.0495. The maximum Gasteiger partial charge on any atom is 0.338 e.